The fourth-order valence-corrected chi connectivity index (χ4v) is 2.00. The second kappa shape index (κ2) is 4.15. The average Bonchev–Trinajstić information content (AvgIpc) is 2.97. The first kappa shape index (κ1) is 11.8. The highest BCUT2D eigenvalue weighted by Crippen LogP contribution is 2.38. The Morgan fingerprint density at radius 2 is 1.56 bits per heavy atom. The summed E-state index contributed by atoms with van der Waals surface area (Å²) in [7, 11) is 0. The van der Waals surface area contributed by atoms with Crippen LogP contribution in [0.3, 0.4) is 0 Å². The van der Waals surface area contributed by atoms with Gasteiger partial charge in [0.2, 0.25) is 17.2 Å². The Labute approximate surface area is 107 Å². The monoisotopic (exact) mass is 275 g/mol. The highest BCUT2D eigenvalue weighted by Gasteiger charge is 2.45. The van der Waals surface area contributed by atoms with Crippen molar-refractivity contribution in [1.82, 2.24) is 15.0 Å². The van der Waals surface area contributed by atoms with E-state index in [2.05, 4.69) is 25.6 Å². The molecule has 0 atom stereocenters. The van der Waals surface area contributed by atoms with Crippen LogP contribution in [0.4, 0.5) is 20.7 Å². The molecule has 1 aromatic rings. The first-order chi connectivity index (χ1) is 8.50. The van der Waals surface area contributed by atoms with Crippen LogP contribution in [0, 0.1) is 0 Å². The van der Waals surface area contributed by atoms with Crippen LogP contribution in [0.25, 0.3) is 0 Å². The smallest absolute Gasteiger partial charge is 0.252 e. The van der Waals surface area contributed by atoms with E-state index in [1.807, 2.05) is 0 Å². The van der Waals surface area contributed by atoms with E-state index in [-0.39, 0.29) is 30.1 Å². The number of rotatable bonds is 4. The summed E-state index contributed by atoms with van der Waals surface area (Å²) in [4.78, 5) is 11.9. The third-order valence-corrected chi connectivity index (χ3v) is 3.11. The maximum Gasteiger partial charge on any atom is 0.252 e. The number of halogens is 3. The van der Waals surface area contributed by atoms with Crippen molar-refractivity contribution in [3.63, 3.8) is 0 Å². The molecule has 0 aliphatic heterocycles. The van der Waals surface area contributed by atoms with Crippen molar-refractivity contribution in [2.24, 2.45) is 0 Å². The minimum atomic E-state index is -2.57. The summed E-state index contributed by atoms with van der Waals surface area (Å²) >= 11 is 5.76. The molecule has 0 radical (unpaired) electrons. The van der Waals surface area contributed by atoms with Crippen LogP contribution < -0.4 is 10.6 Å². The third kappa shape index (κ3) is 2.77. The quantitative estimate of drug-likeness (QED) is 0.883. The van der Waals surface area contributed by atoms with E-state index in [0.29, 0.717) is 12.0 Å². The van der Waals surface area contributed by atoms with Gasteiger partial charge in [0.25, 0.3) is 5.92 Å². The zero-order valence-electron chi connectivity index (χ0n) is 9.46. The minimum Gasteiger partial charge on any atom is -0.351 e. The van der Waals surface area contributed by atoms with Gasteiger partial charge in [0, 0.05) is 24.9 Å². The molecule has 8 heteroatoms. The molecule has 3 rings (SSSR count). The molecular formula is C10H12ClF2N5. The Hall–Kier alpha value is -1.24. The zero-order valence-corrected chi connectivity index (χ0v) is 10.2. The molecule has 18 heavy (non-hydrogen) atoms. The molecule has 2 aliphatic rings. The summed E-state index contributed by atoms with van der Waals surface area (Å²) in [6.45, 7) is 0. The van der Waals surface area contributed by atoms with Crippen LogP contribution in [-0.4, -0.2) is 33.0 Å². The topological polar surface area (TPSA) is 62.7 Å². The number of anilines is 2. The molecule has 2 N–H and O–H groups in total. The normalized spacial score (nSPS) is 22.4. The van der Waals surface area contributed by atoms with Crippen LogP contribution >= 0.6 is 11.6 Å². The molecule has 0 unspecified atom stereocenters. The van der Waals surface area contributed by atoms with Gasteiger partial charge < -0.3 is 10.6 Å². The molecular weight excluding hydrogens is 264 g/mol. The molecule has 2 saturated carbocycles. The van der Waals surface area contributed by atoms with Crippen molar-refractivity contribution >= 4 is 23.5 Å². The van der Waals surface area contributed by atoms with Crippen molar-refractivity contribution in [3.05, 3.63) is 5.28 Å². The highest BCUT2D eigenvalue weighted by atomic mass is 35.5. The molecule has 0 bridgehead atoms. The minimum absolute atomic E-state index is 0.0572. The number of nitrogens with zero attached hydrogens (tertiary/aromatic N) is 3. The summed E-state index contributed by atoms with van der Waals surface area (Å²) in [5.74, 6) is -1.92. The Morgan fingerprint density at radius 1 is 1.00 bits per heavy atom. The Balaban J connectivity index is 1.65. The van der Waals surface area contributed by atoms with Crippen molar-refractivity contribution in [2.75, 3.05) is 10.6 Å². The number of aromatic nitrogens is 3. The van der Waals surface area contributed by atoms with Gasteiger partial charge in [0.05, 0.1) is 0 Å². The molecule has 1 heterocycles. The Bertz CT molecular complexity index is 458. The SMILES string of the molecule is FC1(F)CC(Nc2nc(Cl)nc(NC3CC3)n2)C1. The molecule has 5 nitrogen and oxygen atoms in total. The van der Waals surface area contributed by atoms with Crippen LogP contribution in [0.2, 0.25) is 5.28 Å². The van der Waals surface area contributed by atoms with Gasteiger partial charge in [-0.1, -0.05) is 0 Å². The van der Waals surface area contributed by atoms with E-state index in [0.717, 1.165) is 12.8 Å². The predicted octanol–water partition coefficient (Wildman–Crippen LogP) is 2.31. The van der Waals surface area contributed by atoms with Gasteiger partial charge in [-0.25, -0.2) is 8.78 Å². The molecule has 0 spiro atoms. The fraction of sp³-hybridized carbons (Fsp3) is 0.700. The van der Waals surface area contributed by atoms with Gasteiger partial charge in [0.15, 0.2) is 0 Å². The van der Waals surface area contributed by atoms with Crippen LogP contribution in [0.15, 0.2) is 0 Å². The van der Waals surface area contributed by atoms with Crippen molar-refractivity contribution in [2.45, 2.75) is 43.7 Å². The zero-order chi connectivity index (χ0) is 12.8. The van der Waals surface area contributed by atoms with Crippen LogP contribution in [-0.2, 0) is 0 Å². The summed E-state index contributed by atoms with van der Waals surface area (Å²) < 4.78 is 25.4. The predicted molar refractivity (Wildman–Crippen MR) is 63.1 cm³/mol. The Morgan fingerprint density at radius 3 is 2.06 bits per heavy atom. The van der Waals surface area contributed by atoms with Gasteiger partial charge >= 0.3 is 0 Å². The number of nitrogens with one attached hydrogen (secondary N) is 2. The van der Waals surface area contributed by atoms with E-state index >= 15 is 0 Å². The molecule has 1 aromatic heterocycles. The largest absolute Gasteiger partial charge is 0.351 e. The number of hydrogen-bond acceptors (Lipinski definition) is 5. The van der Waals surface area contributed by atoms with E-state index < -0.39 is 5.92 Å². The van der Waals surface area contributed by atoms with Crippen molar-refractivity contribution < 1.29 is 8.78 Å². The van der Waals surface area contributed by atoms with E-state index in [1.165, 1.54) is 0 Å². The van der Waals surface area contributed by atoms with Gasteiger partial charge in [-0.2, -0.15) is 15.0 Å². The molecule has 0 aromatic carbocycles. The molecule has 2 aliphatic carbocycles. The first-order valence-corrected chi connectivity index (χ1v) is 6.20. The standard InChI is InChI=1S/C10H12ClF2N5/c11-7-16-8(14-5-1-2-5)18-9(17-7)15-6-3-10(12,13)4-6/h5-6H,1-4H2,(H2,14,15,16,17,18). The molecule has 98 valence electrons. The number of alkyl halides is 2. The maximum atomic E-state index is 12.7. The lowest BCUT2D eigenvalue weighted by Gasteiger charge is -2.35. The van der Waals surface area contributed by atoms with Crippen LogP contribution in [0.1, 0.15) is 25.7 Å². The first-order valence-electron chi connectivity index (χ1n) is 5.83. The van der Waals surface area contributed by atoms with Gasteiger partial charge in [0.1, 0.15) is 0 Å². The number of hydrogen-bond donors (Lipinski definition) is 2. The van der Waals surface area contributed by atoms with Gasteiger partial charge in [-0.15, -0.1) is 0 Å². The highest BCUT2D eigenvalue weighted by molar-refractivity contribution is 6.28. The second-order valence-corrected chi connectivity index (χ2v) is 5.11. The summed E-state index contributed by atoms with van der Waals surface area (Å²) in [6, 6.07) is 0.0941. The lowest BCUT2D eigenvalue weighted by Crippen LogP contribution is -2.44. The summed E-state index contributed by atoms with van der Waals surface area (Å²) in [5, 5.41) is 5.99. The Kier molecular flexibility index (Phi) is 2.73. The van der Waals surface area contributed by atoms with E-state index in [4.69, 9.17) is 11.6 Å². The molecule has 0 saturated heterocycles. The fourth-order valence-electron chi connectivity index (χ4n) is 1.84. The van der Waals surface area contributed by atoms with E-state index in [9.17, 15) is 8.78 Å². The van der Waals surface area contributed by atoms with Crippen molar-refractivity contribution in [1.29, 1.82) is 0 Å². The summed E-state index contributed by atoms with van der Waals surface area (Å²) in [5.41, 5.74) is 0. The van der Waals surface area contributed by atoms with Crippen LogP contribution in [0.5, 0.6) is 0 Å². The molecule has 0 amide bonds. The third-order valence-electron chi connectivity index (χ3n) is 2.94. The molecule has 2 fully saturated rings. The second-order valence-electron chi connectivity index (χ2n) is 4.78. The van der Waals surface area contributed by atoms with Gasteiger partial charge in [-0.05, 0) is 24.4 Å². The van der Waals surface area contributed by atoms with E-state index in [1.54, 1.807) is 0 Å². The lowest BCUT2D eigenvalue weighted by molar-refractivity contribution is -0.0794. The maximum absolute atomic E-state index is 12.7. The lowest BCUT2D eigenvalue weighted by atomic mass is 9.88. The van der Waals surface area contributed by atoms with Crippen molar-refractivity contribution in [3.8, 4) is 0 Å². The average molecular weight is 276 g/mol. The van der Waals surface area contributed by atoms with Gasteiger partial charge in [-0.3, -0.25) is 0 Å². The summed E-state index contributed by atoms with van der Waals surface area (Å²) in [6.07, 6.45) is 1.78.